The first-order chi connectivity index (χ1) is 44.0. The average Bonchev–Trinajstić information content (AvgIpc) is 4.08. The van der Waals surface area contributed by atoms with Crippen LogP contribution in [0.3, 0.4) is 0 Å². The van der Waals surface area contributed by atoms with Crippen LogP contribution in [0, 0.1) is 0 Å². The summed E-state index contributed by atoms with van der Waals surface area (Å²) in [5.74, 6) is -1.80. The van der Waals surface area contributed by atoms with Crippen LogP contribution in [0.4, 0.5) is 0 Å². The molecule has 0 aliphatic carbocycles. The van der Waals surface area contributed by atoms with Gasteiger partial charge in [0.2, 0.25) is 5.91 Å². The lowest BCUT2D eigenvalue weighted by molar-refractivity contribution is -0.198. The van der Waals surface area contributed by atoms with Crippen LogP contribution in [0.1, 0.15) is 19.3 Å². The maximum absolute atomic E-state index is 11.7. The van der Waals surface area contributed by atoms with E-state index in [4.69, 9.17) is 119 Å². The third-order valence-corrected chi connectivity index (χ3v) is 11.4. The van der Waals surface area contributed by atoms with Crippen molar-refractivity contribution in [1.82, 2.24) is 10.4 Å². The van der Waals surface area contributed by atoms with E-state index in [1.54, 1.807) is 0 Å². The molecule has 3 amide bonds. The third kappa shape index (κ3) is 66.9. The van der Waals surface area contributed by atoms with E-state index in [1.807, 2.05) is 0 Å². The Morgan fingerprint density at radius 3 is 0.596 bits per heavy atom. The standard InChI is InChI=1S/C57H107BrN2O29/c58-53-54(61)59-4-6-66-8-10-68-12-14-70-16-18-72-20-22-74-24-26-76-28-30-78-32-34-80-36-38-82-40-42-84-44-46-86-48-50-88-52-51-87-49-47-85-45-43-83-41-39-81-37-35-79-33-31-77-29-27-75-25-23-73-21-19-71-17-15-69-13-11-67-9-7-65-5-3-57(64)89-60-55(62)1-2-56(60)63/h1-53H2,(H,59,61). The van der Waals surface area contributed by atoms with E-state index in [2.05, 4.69) is 21.2 Å². The first-order valence-electron chi connectivity index (χ1n) is 30.8. The van der Waals surface area contributed by atoms with Crippen LogP contribution in [0.25, 0.3) is 0 Å². The summed E-state index contributed by atoms with van der Waals surface area (Å²) >= 11 is 3.08. The van der Waals surface area contributed by atoms with Crippen molar-refractivity contribution in [1.29, 1.82) is 0 Å². The summed E-state index contributed by atoms with van der Waals surface area (Å²) in [5, 5.41) is 3.50. The lowest BCUT2D eigenvalue weighted by atomic mass is 10.4. The molecule has 526 valence electrons. The van der Waals surface area contributed by atoms with Gasteiger partial charge in [0.25, 0.3) is 11.8 Å². The second-order valence-corrected chi connectivity index (χ2v) is 18.5. The maximum atomic E-state index is 11.7. The lowest BCUT2D eigenvalue weighted by Gasteiger charge is -2.12. The van der Waals surface area contributed by atoms with Gasteiger partial charge in [0.1, 0.15) is 0 Å². The number of hydrogen-bond donors (Lipinski definition) is 1. The lowest BCUT2D eigenvalue weighted by Crippen LogP contribution is -2.32. The maximum Gasteiger partial charge on any atom is 0.335 e. The number of nitrogens with zero attached hydrogens (tertiary/aromatic N) is 1. The van der Waals surface area contributed by atoms with Gasteiger partial charge in [-0.1, -0.05) is 15.9 Å². The van der Waals surface area contributed by atoms with Crippen LogP contribution in [0.15, 0.2) is 0 Å². The van der Waals surface area contributed by atoms with Gasteiger partial charge in [0.05, 0.1) is 329 Å². The van der Waals surface area contributed by atoms with E-state index >= 15 is 0 Å². The number of imide groups is 1. The molecule has 32 heteroatoms. The Kier molecular flexibility index (Phi) is 69.4. The summed E-state index contributed by atoms with van der Waals surface area (Å²) in [5.41, 5.74) is 0. The molecule has 1 fully saturated rings. The molecule has 0 radical (unpaired) electrons. The average molecular weight is 1360 g/mol. The van der Waals surface area contributed by atoms with Gasteiger partial charge in [0.15, 0.2) is 0 Å². The minimum Gasteiger partial charge on any atom is -0.378 e. The number of halogens is 1. The van der Waals surface area contributed by atoms with Crippen LogP contribution >= 0.6 is 15.9 Å². The number of ether oxygens (including phenoxy) is 24. The number of hydroxylamine groups is 2. The molecule has 0 saturated carbocycles. The number of alkyl halides is 1. The van der Waals surface area contributed by atoms with E-state index < -0.39 is 17.8 Å². The fourth-order valence-electron chi connectivity index (χ4n) is 6.43. The molecule has 1 aliphatic rings. The molecule has 1 heterocycles. The molecule has 1 N–H and O–H groups in total. The van der Waals surface area contributed by atoms with Gasteiger partial charge in [-0.15, -0.1) is 5.06 Å². The first kappa shape index (κ1) is 84.6. The molecule has 31 nitrogen and oxygen atoms in total. The zero-order valence-electron chi connectivity index (χ0n) is 52.6. The Balaban J connectivity index is 1.59. The molecule has 0 aromatic heterocycles. The van der Waals surface area contributed by atoms with Crippen LogP contribution in [-0.2, 0) is 138 Å². The summed E-state index contributed by atoms with van der Waals surface area (Å²) in [6.07, 6.45) is 0.0199. The molecule has 0 aromatic carbocycles. The number of hydrogen-bond acceptors (Lipinski definition) is 29. The quantitative estimate of drug-likeness (QED) is 0.0472. The number of carbonyl (C=O) groups is 4. The number of nitrogens with one attached hydrogen (secondary N) is 1. The molecule has 0 atom stereocenters. The van der Waals surface area contributed by atoms with Crippen molar-refractivity contribution in [3.8, 4) is 0 Å². The highest BCUT2D eigenvalue weighted by Gasteiger charge is 2.32. The largest absolute Gasteiger partial charge is 0.378 e. The Morgan fingerprint density at radius 1 is 0.270 bits per heavy atom. The fraction of sp³-hybridized carbons (Fsp3) is 0.930. The van der Waals surface area contributed by atoms with Crippen LogP contribution in [0.5, 0.6) is 0 Å². The SMILES string of the molecule is O=C(CBr)NCCOCCOCCOCCOCCOCCOCCOCCOCCOCCOCCOCCOCCOCCOCCOCCOCCOCCOCCOCCOCCOCCOCCOCCOCCC(=O)ON1C(=O)CCC1=O. The van der Waals surface area contributed by atoms with Crippen LogP contribution < -0.4 is 5.32 Å². The predicted octanol–water partition coefficient (Wildman–Crippen LogP) is -0.107. The van der Waals surface area contributed by atoms with Crippen molar-refractivity contribution in [3.05, 3.63) is 0 Å². The molecule has 1 rings (SSSR count). The van der Waals surface area contributed by atoms with E-state index in [0.29, 0.717) is 316 Å². The normalized spacial score (nSPS) is 12.6. The second kappa shape index (κ2) is 73.0. The number of amides is 3. The van der Waals surface area contributed by atoms with Gasteiger partial charge in [-0.05, 0) is 0 Å². The molecular weight excluding hydrogens is 1260 g/mol. The minimum atomic E-state index is -0.706. The van der Waals surface area contributed by atoms with Gasteiger partial charge in [0, 0.05) is 19.4 Å². The van der Waals surface area contributed by atoms with Gasteiger partial charge in [-0.3, -0.25) is 14.4 Å². The summed E-state index contributed by atoms with van der Waals surface area (Å²) in [4.78, 5) is 50.4. The highest BCUT2D eigenvalue weighted by molar-refractivity contribution is 9.09. The molecule has 1 saturated heterocycles. The summed E-state index contributed by atoms with van der Waals surface area (Å²) in [7, 11) is 0. The summed E-state index contributed by atoms with van der Waals surface area (Å²) in [6, 6.07) is 0. The molecule has 0 unspecified atom stereocenters. The minimum absolute atomic E-state index is 0.0514. The molecule has 89 heavy (non-hydrogen) atoms. The van der Waals surface area contributed by atoms with E-state index in [0.717, 1.165) is 0 Å². The predicted molar refractivity (Wildman–Crippen MR) is 318 cm³/mol. The van der Waals surface area contributed by atoms with Gasteiger partial charge < -0.3 is 124 Å². The highest BCUT2D eigenvalue weighted by Crippen LogP contribution is 2.12. The summed E-state index contributed by atoms with van der Waals surface area (Å²) < 4.78 is 132. The van der Waals surface area contributed by atoms with Crippen LogP contribution in [0.2, 0.25) is 0 Å². The van der Waals surface area contributed by atoms with Crippen molar-refractivity contribution in [2.24, 2.45) is 0 Å². The second-order valence-electron chi connectivity index (χ2n) is 18.0. The molecule has 0 bridgehead atoms. The van der Waals surface area contributed by atoms with E-state index in [9.17, 15) is 19.2 Å². The third-order valence-electron chi connectivity index (χ3n) is 10.9. The monoisotopic (exact) mass is 1360 g/mol. The first-order valence-corrected chi connectivity index (χ1v) is 31.9. The summed E-state index contributed by atoms with van der Waals surface area (Å²) in [6.45, 7) is 22.1. The Morgan fingerprint density at radius 2 is 0.427 bits per heavy atom. The zero-order valence-corrected chi connectivity index (χ0v) is 54.2. The fourth-order valence-corrected chi connectivity index (χ4v) is 6.63. The number of rotatable bonds is 77. The van der Waals surface area contributed by atoms with Gasteiger partial charge >= 0.3 is 5.97 Å². The molecule has 0 aromatic rings. The molecule has 0 spiro atoms. The van der Waals surface area contributed by atoms with Crippen molar-refractivity contribution >= 4 is 39.6 Å². The Bertz CT molecular complexity index is 1500. The molecule has 1 aliphatic heterocycles. The van der Waals surface area contributed by atoms with Crippen LogP contribution in [-0.4, -0.2) is 358 Å². The highest BCUT2D eigenvalue weighted by atomic mass is 79.9. The van der Waals surface area contributed by atoms with Gasteiger partial charge in [-0.25, -0.2) is 4.79 Å². The zero-order chi connectivity index (χ0) is 63.7. The van der Waals surface area contributed by atoms with Gasteiger partial charge in [-0.2, -0.15) is 0 Å². The van der Waals surface area contributed by atoms with Crippen molar-refractivity contribution in [2.75, 3.05) is 329 Å². The van der Waals surface area contributed by atoms with Crippen molar-refractivity contribution in [2.45, 2.75) is 19.3 Å². The smallest absolute Gasteiger partial charge is 0.335 e. The topological polar surface area (TPSA) is 314 Å². The van der Waals surface area contributed by atoms with Crippen molar-refractivity contribution in [3.63, 3.8) is 0 Å². The Labute approximate surface area is 534 Å². The molecular formula is C57H107BrN2O29. The van der Waals surface area contributed by atoms with Crippen molar-refractivity contribution < 1.29 is 138 Å². The van der Waals surface area contributed by atoms with E-state index in [1.165, 1.54) is 0 Å². The van der Waals surface area contributed by atoms with E-state index in [-0.39, 0.29) is 43.7 Å². The number of carbonyl (C=O) groups excluding carboxylic acids is 4. The Hall–Kier alpha value is -2.40.